The number of nitrogens with zero attached hydrogens (tertiary/aromatic N) is 3. The average Bonchev–Trinajstić information content (AvgIpc) is 3.32. The number of rotatable bonds is 9. The van der Waals surface area contributed by atoms with Crippen LogP contribution < -0.4 is 14.9 Å². The number of nitro benzene ring substituents is 2. The number of non-ortho nitro benzene ring substituents is 2. The van der Waals surface area contributed by atoms with Crippen molar-refractivity contribution in [3.05, 3.63) is 101 Å². The van der Waals surface area contributed by atoms with Crippen molar-refractivity contribution in [1.29, 1.82) is 0 Å². The van der Waals surface area contributed by atoms with Crippen LogP contribution in [0.3, 0.4) is 0 Å². The van der Waals surface area contributed by atoms with Gasteiger partial charge in [-0.25, -0.2) is 5.43 Å². The van der Waals surface area contributed by atoms with Gasteiger partial charge in [-0.2, -0.15) is 5.10 Å². The van der Waals surface area contributed by atoms with E-state index in [0.29, 0.717) is 37.4 Å². The summed E-state index contributed by atoms with van der Waals surface area (Å²) in [4.78, 5) is 33.9. The first kappa shape index (κ1) is 25.7. The predicted molar refractivity (Wildman–Crippen MR) is 142 cm³/mol. The van der Waals surface area contributed by atoms with Crippen molar-refractivity contribution >= 4 is 60.8 Å². The predicted octanol–water partition coefficient (Wildman–Crippen LogP) is 5.83. The molecule has 1 amide bonds. The van der Waals surface area contributed by atoms with Crippen molar-refractivity contribution in [2.24, 2.45) is 5.10 Å². The number of ether oxygens (including phenoxy) is 2. The summed E-state index contributed by atoms with van der Waals surface area (Å²) in [6.45, 7) is 0.0896. The Kier molecular flexibility index (Phi) is 7.74. The highest BCUT2D eigenvalue weighted by Crippen LogP contribution is 2.34. The van der Waals surface area contributed by atoms with Crippen molar-refractivity contribution in [2.45, 2.75) is 6.61 Å². The second-order valence-corrected chi connectivity index (χ2v) is 9.47. The molecule has 0 radical (unpaired) electrons. The molecule has 1 aromatic heterocycles. The van der Waals surface area contributed by atoms with Gasteiger partial charge in [-0.15, -0.1) is 11.3 Å². The maximum atomic E-state index is 12.5. The number of hydrogen-bond acceptors (Lipinski definition) is 9. The number of benzene rings is 3. The van der Waals surface area contributed by atoms with Crippen LogP contribution >= 0.6 is 27.3 Å². The van der Waals surface area contributed by atoms with Crippen LogP contribution in [-0.2, 0) is 6.61 Å². The number of amides is 1. The summed E-state index contributed by atoms with van der Waals surface area (Å²) in [5.41, 5.74) is 3.58. The fourth-order valence-corrected chi connectivity index (χ4v) is 4.67. The molecule has 0 fully saturated rings. The molecule has 0 atom stereocenters. The summed E-state index contributed by atoms with van der Waals surface area (Å²) >= 11 is 4.64. The molecule has 0 saturated heterocycles. The lowest BCUT2D eigenvalue weighted by Crippen LogP contribution is -2.16. The van der Waals surface area contributed by atoms with Crippen molar-refractivity contribution in [1.82, 2.24) is 5.43 Å². The van der Waals surface area contributed by atoms with Gasteiger partial charge in [0, 0.05) is 44.4 Å². The Morgan fingerprint density at radius 2 is 1.81 bits per heavy atom. The molecule has 4 rings (SSSR count). The minimum atomic E-state index is -0.489. The number of hydrazone groups is 1. The topological polar surface area (TPSA) is 146 Å². The summed E-state index contributed by atoms with van der Waals surface area (Å²) in [5, 5.41) is 26.5. The van der Waals surface area contributed by atoms with Gasteiger partial charge < -0.3 is 9.47 Å². The monoisotopic (exact) mass is 584 g/mol. The van der Waals surface area contributed by atoms with Gasteiger partial charge in [0.15, 0.2) is 11.5 Å². The summed E-state index contributed by atoms with van der Waals surface area (Å²) in [5.74, 6) is 0.342. The zero-order valence-electron chi connectivity index (χ0n) is 19.0. The summed E-state index contributed by atoms with van der Waals surface area (Å²) in [6.07, 6.45) is 1.42. The first-order valence-electron chi connectivity index (χ1n) is 10.5. The molecule has 3 aromatic carbocycles. The lowest BCUT2D eigenvalue weighted by molar-refractivity contribution is -0.385. The van der Waals surface area contributed by atoms with E-state index in [9.17, 15) is 25.0 Å². The van der Waals surface area contributed by atoms with E-state index in [1.54, 1.807) is 36.4 Å². The van der Waals surface area contributed by atoms with Gasteiger partial charge >= 0.3 is 0 Å². The number of nitro groups is 2. The molecule has 11 nitrogen and oxygen atoms in total. The minimum Gasteiger partial charge on any atom is -0.493 e. The highest BCUT2D eigenvalue weighted by molar-refractivity contribution is 9.10. The lowest BCUT2D eigenvalue weighted by atomic mass is 10.2. The van der Waals surface area contributed by atoms with Gasteiger partial charge in [-0.05, 0) is 45.8 Å². The third-order valence-electron chi connectivity index (χ3n) is 5.10. The van der Waals surface area contributed by atoms with E-state index in [-0.39, 0.29) is 18.0 Å². The molecule has 37 heavy (non-hydrogen) atoms. The smallest absolute Gasteiger partial charge is 0.281 e. The zero-order chi connectivity index (χ0) is 26.5. The standard InChI is InChI=1S/C24H17BrN4O7S/c1-35-20-9-16(19(25)11-21(20)36-13-14-3-2-4-17(7-14)28(31)32)12-26-27-24(30)23-10-15-8-18(29(33)34)5-6-22(15)37-23/h2-12H,13H2,1H3,(H,27,30)/b26-12-. The van der Waals surface area contributed by atoms with E-state index >= 15 is 0 Å². The number of carbonyl (C=O) groups is 1. The van der Waals surface area contributed by atoms with Crippen LogP contribution in [0.15, 0.2) is 70.2 Å². The third kappa shape index (κ3) is 6.08. The van der Waals surface area contributed by atoms with Crippen LogP contribution in [0.5, 0.6) is 11.5 Å². The van der Waals surface area contributed by atoms with Gasteiger partial charge in [-0.1, -0.05) is 12.1 Å². The van der Waals surface area contributed by atoms with E-state index in [4.69, 9.17) is 9.47 Å². The fourth-order valence-electron chi connectivity index (χ4n) is 3.31. The third-order valence-corrected chi connectivity index (χ3v) is 6.90. The molecule has 13 heteroatoms. The summed E-state index contributed by atoms with van der Waals surface area (Å²) in [7, 11) is 1.47. The van der Waals surface area contributed by atoms with Crippen molar-refractivity contribution < 1.29 is 24.1 Å². The molecule has 0 aliphatic carbocycles. The van der Waals surface area contributed by atoms with Crippen LogP contribution in [0.25, 0.3) is 10.1 Å². The molecule has 188 valence electrons. The van der Waals surface area contributed by atoms with E-state index < -0.39 is 15.8 Å². The molecule has 1 heterocycles. The normalized spacial score (nSPS) is 11.0. The number of thiophene rings is 1. The molecule has 0 bridgehead atoms. The first-order chi connectivity index (χ1) is 17.7. The number of methoxy groups -OCH3 is 1. The molecule has 4 aromatic rings. The quantitative estimate of drug-likeness (QED) is 0.148. The van der Waals surface area contributed by atoms with Gasteiger partial charge in [-0.3, -0.25) is 25.0 Å². The molecule has 1 N–H and O–H groups in total. The fraction of sp³-hybridized carbons (Fsp3) is 0.0833. The van der Waals surface area contributed by atoms with E-state index in [1.165, 1.54) is 48.9 Å². The van der Waals surface area contributed by atoms with Crippen LogP contribution in [0.4, 0.5) is 11.4 Å². The van der Waals surface area contributed by atoms with E-state index in [0.717, 1.165) is 4.70 Å². The highest BCUT2D eigenvalue weighted by Gasteiger charge is 2.14. The summed E-state index contributed by atoms with van der Waals surface area (Å²) in [6, 6.07) is 15.4. The maximum Gasteiger partial charge on any atom is 0.281 e. The molecular formula is C24H17BrN4O7S. The van der Waals surface area contributed by atoms with Gasteiger partial charge in [0.2, 0.25) is 0 Å². The average molecular weight is 585 g/mol. The Balaban J connectivity index is 1.44. The minimum absolute atomic E-state index is 0.0280. The molecule has 0 aliphatic rings. The van der Waals surface area contributed by atoms with Gasteiger partial charge in [0.25, 0.3) is 17.3 Å². The molecule has 0 saturated carbocycles. The van der Waals surface area contributed by atoms with Crippen LogP contribution in [0, 0.1) is 20.2 Å². The Morgan fingerprint density at radius 3 is 2.54 bits per heavy atom. The molecule has 0 spiro atoms. The lowest BCUT2D eigenvalue weighted by Gasteiger charge is -2.12. The van der Waals surface area contributed by atoms with E-state index in [1.807, 2.05) is 0 Å². The van der Waals surface area contributed by atoms with Crippen molar-refractivity contribution in [3.63, 3.8) is 0 Å². The number of hydrogen-bond donors (Lipinski definition) is 1. The largest absolute Gasteiger partial charge is 0.493 e. The Bertz CT molecular complexity index is 1550. The second-order valence-electron chi connectivity index (χ2n) is 7.53. The van der Waals surface area contributed by atoms with Gasteiger partial charge in [0.1, 0.15) is 6.61 Å². The van der Waals surface area contributed by atoms with Gasteiger partial charge in [0.05, 0.1) is 28.0 Å². The Hall–Kier alpha value is -4.36. The molecular weight excluding hydrogens is 568 g/mol. The number of fused-ring (bicyclic) bond motifs is 1. The maximum absolute atomic E-state index is 12.5. The Labute approximate surface area is 221 Å². The number of nitrogens with one attached hydrogen (secondary N) is 1. The molecule has 0 unspecified atom stereocenters. The second kappa shape index (κ2) is 11.1. The van der Waals surface area contributed by atoms with Crippen LogP contribution in [-0.4, -0.2) is 29.1 Å². The van der Waals surface area contributed by atoms with Crippen molar-refractivity contribution in [3.8, 4) is 11.5 Å². The van der Waals surface area contributed by atoms with Crippen molar-refractivity contribution in [2.75, 3.05) is 7.11 Å². The number of carbonyl (C=O) groups excluding carboxylic acids is 1. The van der Waals surface area contributed by atoms with Crippen LogP contribution in [0.1, 0.15) is 20.8 Å². The number of halogens is 1. The SMILES string of the molecule is COc1cc(/C=N\NC(=O)c2cc3cc([N+](=O)[O-])ccc3s2)c(Br)cc1OCc1cccc([N+](=O)[O-])c1. The Morgan fingerprint density at radius 1 is 1.05 bits per heavy atom. The summed E-state index contributed by atoms with van der Waals surface area (Å²) < 4.78 is 12.6. The highest BCUT2D eigenvalue weighted by atomic mass is 79.9. The first-order valence-corrected chi connectivity index (χ1v) is 12.1. The zero-order valence-corrected chi connectivity index (χ0v) is 21.4. The van der Waals surface area contributed by atoms with E-state index in [2.05, 4.69) is 26.5 Å². The molecule has 0 aliphatic heterocycles. The van der Waals surface area contributed by atoms with Crippen LogP contribution in [0.2, 0.25) is 0 Å².